The molecule has 3 aliphatic carbocycles. The molecule has 0 atom stereocenters. The maximum atomic E-state index is 12.8. The Balaban J connectivity index is 0.852. The molecule has 0 spiro atoms. The van der Waals surface area contributed by atoms with Gasteiger partial charge in [0.05, 0.1) is 18.0 Å². The molecule has 12 nitrogen and oxygen atoms in total. The minimum absolute atomic E-state index is 0.127. The first-order valence-electron chi connectivity index (χ1n) is 30.0. The first kappa shape index (κ1) is 63.8. The van der Waals surface area contributed by atoms with Crippen molar-refractivity contribution >= 4 is 74.0 Å². The van der Waals surface area contributed by atoms with Crippen LogP contribution in [0.25, 0.3) is 0 Å². The van der Waals surface area contributed by atoms with E-state index in [9.17, 15) is 14.4 Å². The van der Waals surface area contributed by atoms with E-state index >= 15 is 0 Å². The van der Waals surface area contributed by atoms with Crippen LogP contribution in [0.4, 0.5) is 0 Å². The maximum absolute atomic E-state index is 12.8. The van der Waals surface area contributed by atoms with Crippen molar-refractivity contribution in [2.45, 2.75) is 196 Å². The topological polar surface area (TPSA) is 134 Å². The molecular weight excluding hydrogens is 1320 g/mol. The van der Waals surface area contributed by atoms with Crippen LogP contribution in [0.15, 0.2) is 124 Å². The normalized spacial score (nSPS) is 16.2. The summed E-state index contributed by atoms with van der Waals surface area (Å²) < 4.78 is 56.6. The van der Waals surface area contributed by atoms with E-state index in [1.165, 1.54) is 19.3 Å². The molecule has 0 bridgehead atoms. The molecule has 85 heavy (non-hydrogen) atoms. The zero-order chi connectivity index (χ0) is 60.1. The second-order valence-electron chi connectivity index (χ2n) is 23.9. The van der Waals surface area contributed by atoms with Gasteiger partial charge < -0.3 is 42.6 Å². The quantitative estimate of drug-likeness (QED) is 0.0247. The highest BCUT2D eigenvalue weighted by Crippen LogP contribution is 2.38. The molecule has 452 valence electrons. The monoisotopic (exact) mass is 1400 g/mol. The number of carbonyl (C=O) groups excluding carboxylic acids is 3. The van der Waals surface area contributed by atoms with Gasteiger partial charge in [0, 0.05) is 0 Å². The minimum atomic E-state index is -0.526. The molecule has 6 aromatic carbocycles. The highest BCUT2D eigenvalue weighted by atomic mass is 127. The lowest BCUT2D eigenvalue weighted by atomic mass is 9.86. The van der Waals surface area contributed by atoms with Crippen molar-refractivity contribution < 1.29 is 57.0 Å². The Morgan fingerprint density at radius 2 is 0.635 bits per heavy atom. The van der Waals surface area contributed by atoms with Gasteiger partial charge in [0.15, 0.2) is 34.5 Å². The van der Waals surface area contributed by atoms with Crippen molar-refractivity contribution in [3.63, 3.8) is 0 Å². The van der Waals surface area contributed by atoms with Gasteiger partial charge in [-0.1, -0.05) is 19.3 Å². The molecule has 3 saturated carbocycles. The molecule has 0 amide bonds. The maximum Gasteiger partial charge on any atom is 0.344 e. The summed E-state index contributed by atoms with van der Waals surface area (Å²) in [5.41, 5.74) is 5.46. The van der Waals surface area contributed by atoms with Crippen molar-refractivity contribution in [2.75, 3.05) is 19.8 Å². The van der Waals surface area contributed by atoms with Crippen LogP contribution in [0.3, 0.4) is 0 Å². The van der Waals surface area contributed by atoms with E-state index in [1.54, 1.807) is 0 Å². The van der Waals surface area contributed by atoms with Gasteiger partial charge in [-0.2, -0.15) is 0 Å². The van der Waals surface area contributed by atoms with Gasteiger partial charge in [0.2, 0.25) is 0 Å². The lowest BCUT2D eigenvalue weighted by Gasteiger charge is -2.33. The molecule has 3 aliphatic rings. The van der Waals surface area contributed by atoms with Crippen LogP contribution in [0.5, 0.6) is 34.5 Å². The number of hydrogen-bond donors (Lipinski definition) is 0. The summed E-state index contributed by atoms with van der Waals surface area (Å²) in [6.07, 6.45) is 15.3. The van der Waals surface area contributed by atoms with Crippen LogP contribution in [-0.4, -0.2) is 54.5 Å². The average Bonchev–Trinajstić information content (AvgIpc) is 3.59. The molecular formula is C70H81I2O12S+. The van der Waals surface area contributed by atoms with E-state index in [2.05, 4.69) is 81.6 Å². The fraction of sp³-hybridized carbons (Fsp3) is 0.443. The van der Waals surface area contributed by atoms with E-state index < -0.39 is 27.7 Å². The molecule has 15 heteroatoms. The summed E-state index contributed by atoms with van der Waals surface area (Å²) in [5, 5.41) is 0. The molecule has 0 radical (unpaired) electrons. The molecule has 0 N–H and O–H groups in total. The predicted molar refractivity (Wildman–Crippen MR) is 347 cm³/mol. The average molecular weight is 1400 g/mol. The molecule has 3 fully saturated rings. The van der Waals surface area contributed by atoms with E-state index in [-0.39, 0.29) is 37.7 Å². The Morgan fingerprint density at radius 3 is 0.918 bits per heavy atom. The lowest BCUT2D eigenvalue weighted by molar-refractivity contribution is -0.164. The molecule has 0 aromatic heterocycles. The van der Waals surface area contributed by atoms with Crippen molar-refractivity contribution in [2.24, 2.45) is 0 Å². The van der Waals surface area contributed by atoms with E-state index in [0.717, 1.165) is 155 Å². The van der Waals surface area contributed by atoms with Crippen molar-refractivity contribution in [1.82, 2.24) is 0 Å². The standard InChI is InChI=1S/C70H81I2O12S/c1-47-35-51(36-48(2)65(47)79-44-62(73)82-68(5)29-11-8-12-30-68)41-76-54-17-23-57(24-18-54)85(58-25-19-55(20-26-58)77-42-52-37-49(3)66(50(4)38-52)80-45-63(74)83-69(6)31-13-9-14-32-69)59-27-21-56(22-28-59)78-43-53-39-60(71)67(61(72)40-53)81-46-64(75)84-70(7)33-15-10-16-34-70/h17-28,35-40H,8-16,29-34,41-46H2,1-7H3/q+1. The Labute approximate surface area is 532 Å². The van der Waals surface area contributed by atoms with E-state index in [4.69, 9.17) is 42.6 Å². The highest BCUT2D eigenvalue weighted by Gasteiger charge is 2.34. The Morgan fingerprint density at radius 1 is 0.376 bits per heavy atom. The van der Waals surface area contributed by atoms with Crippen LogP contribution in [0.2, 0.25) is 0 Å². The predicted octanol–water partition coefficient (Wildman–Crippen LogP) is 16.9. The summed E-state index contributed by atoms with van der Waals surface area (Å²) in [6.45, 7) is 14.7. The Bertz CT molecular complexity index is 2840. The van der Waals surface area contributed by atoms with Crippen LogP contribution in [0.1, 0.15) is 156 Å². The number of aryl methyl sites for hydroxylation is 4. The van der Waals surface area contributed by atoms with Gasteiger partial charge in [-0.3, -0.25) is 0 Å². The second kappa shape index (κ2) is 29.4. The molecule has 9 rings (SSSR count). The minimum Gasteiger partial charge on any atom is -0.489 e. The van der Waals surface area contributed by atoms with Crippen molar-refractivity contribution in [3.05, 3.63) is 155 Å². The molecule has 6 aromatic rings. The summed E-state index contributed by atoms with van der Waals surface area (Å²) in [4.78, 5) is 41.7. The zero-order valence-corrected chi connectivity index (χ0v) is 55.4. The molecule has 0 saturated heterocycles. The molecule has 0 heterocycles. The van der Waals surface area contributed by atoms with Gasteiger partial charge in [0.1, 0.15) is 71.1 Å². The van der Waals surface area contributed by atoms with Crippen LogP contribution >= 0.6 is 45.2 Å². The van der Waals surface area contributed by atoms with E-state index in [0.29, 0.717) is 37.1 Å². The van der Waals surface area contributed by atoms with Crippen molar-refractivity contribution in [1.29, 1.82) is 0 Å². The number of esters is 3. The summed E-state index contributed by atoms with van der Waals surface area (Å²) >= 11 is 4.51. The van der Waals surface area contributed by atoms with Gasteiger partial charge >= 0.3 is 17.9 Å². The van der Waals surface area contributed by atoms with Gasteiger partial charge in [-0.15, -0.1) is 0 Å². The largest absolute Gasteiger partial charge is 0.489 e. The number of hydrogen-bond acceptors (Lipinski definition) is 12. The molecule has 0 aliphatic heterocycles. The summed E-state index contributed by atoms with van der Waals surface area (Å²) in [6, 6.07) is 37.1. The number of ether oxygens (including phenoxy) is 9. The lowest BCUT2D eigenvalue weighted by Crippen LogP contribution is -2.35. The Hall–Kier alpha value is -5.66. The highest BCUT2D eigenvalue weighted by molar-refractivity contribution is 14.1. The molecule has 0 unspecified atom stereocenters. The summed E-state index contributed by atoms with van der Waals surface area (Å²) in [7, 11) is -0.526. The van der Waals surface area contributed by atoms with Gasteiger partial charge in [0.25, 0.3) is 0 Å². The zero-order valence-electron chi connectivity index (χ0n) is 50.3. The Kier molecular flexibility index (Phi) is 22.0. The fourth-order valence-electron chi connectivity index (χ4n) is 12.0. The van der Waals surface area contributed by atoms with Gasteiger partial charge in [-0.05, 0) is 319 Å². The second-order valence-corrected chi connectivity index (χ2v) is 28.3. The summed E-state index contributed by atoms with van der Waals surface area (Å²) in [5.74, 6) is 3.24. The van der Waals surface area contributed by atoms with Crippen molar-refractivity contribution in [3.8, 4) is 34.5 Å². The smallest absolute Gasteiger partial charge is 0.344 e. The third kappa shape index (κ3) is 18.0. The SMILES string of the molecule is Cc1cc(COc2ccc([S+](c3ccc(OCc4cc(C)c(OCC(=O)OC5(C)CCCCC5)c(C)c4)cc3)c3ccc(OCc4cc(I)c(OCC(=O)OC5(C)CCCCC5)c(I)c4)cc3)cc2)cc(C)c1OCC(=O)OC1(C)CCCCC1. The van der Waals surface area contributed by atoms with Crippen LogP contribution < -0.4 is 28.4 Å². The van der Waals surface area contributed by atoms with Gasteiger partial charge in [-0.25, -0.2) is 14.4 Å². The first-order valence-corrected chi connectivity index (χ1v) is 33.3. The van der Waals surface area contributed by atoms with E-state index in [1.807, 2.05) is 121 Å². The fourth-order valence-corrected chi connectivity index (χ4v) is 16.2. The van der Waals surface area contributed by atoms with Crippen LogP contribution in [0, 0.1) is 34.8 Å². The third-order valence-corrected chi connectivity index (χ3v) is 20.1. The number of rotatable bonds is 24. The number of carbonyl (C=O) groups is 3. The van der Waals surface area contributed by atoms with Crippen LogP contribution in [-0.2, 0) is 59.3 Å². The third-order valence-electron chi connectivity index (χ3n) is 16.3. The first-order chi connectivity index (χ1) is 40.8. The number of benzene rings is 6. The number of halogens is 2.